The number of anilines is 2. The zero-order chi connectivity index (χ0) is 19.7. The molecule has 28 heavy (non-hydrogen) atoms. The number of nitrogens with zero attached hydrogens (tertiary/aromatic N) is 3. The average Bonchev–Trinajstić information content (AvgIpc) is 3.06. The fraction of sp³-hybridized carbons (Fsp3) is 0.0455. The van der Waals surface area contributed by atoms with Crippen LogP contribution in [-0.4, -0.2) is 20.5 Å². The monoisotopic (exact) mass is 368 g/mol. The molecule has 0 aliphatic heterocycles. The average molecular weight is 368 g/mol. The minimum absolute atomic E-state index is 0.542. The molecule has 0 radical (unpaired) electrons. The van der Waals surface area contributed by atoms with Gasteiger partial charge in [-0.3, -0.25) is 4.40 Å². The molecule has 0 saturated carbocycles. The SMILES string of the molecule is Cc1cc(Nc2cccc(/C=C/C(=O)O)c2)n2c(nc3ccccc32)c1C#N. The molecule has 4 aromatic rings. The maximum absolute atomic E-state index is 10.7. The van der Waals surface area contributed by atoms with Crippen LogP contribution >= 0.6 is 0 Å². The zero-order valence-electron chi connectivity index (χ0n) is 15.0. The second-order valence-electron chi connectivity index (χ2n) is 6.38. The third-order valence-corrected chi connectivity index (χ3v) is 4.46. The summed E-state index contributed by atoms with van der Waals surface area (Å²) >= 11 is 0. The van der Waals surface area contributed by atoms with Gasteiger partial charge in [0, 0.05) is 11.8 Å². The van der Waals surface area contributed by atoms with Crippen molar-refractivity contribution in [3.63, 3.8) is 0 Å². The predicted octanol–water partition coefficient (Wildman–Crippen LogP) is 4.51. The summed E-state index contributed by atoms with van der Waals surface area (Å²) in [4.78, 5) is 15.4. The van der Waals surface area contributed by atoms with Gasteiger partial charge in [-0.15, -0.1) is 0 Å². The van der Waals surface area contributed by atoms with Crippen LogP contribution in [0.25, 0.3) is 22.8 Å². The van der Waals surface area contributed by atoms with Gasteiger partial charge in [0.2, 0.25) is 0 Å². The summed E-state index contributed by atoms with van der Waals surface area (Å²) in [5.41, 5.74) is 5.26. The second kappa shape index (κ2) is 6.89. The Kier molecular flexibility index (Phi) is 4.26. The third kappa shape index (κ3) is 3.06. The number of aromatic nitrogens is 2. The fourth-order valence-electron chi connectivity index (χ4n) is 3.22. The number of nitrogens with one attached hydrogen (secondary N) is 1. The van der Waals surface area contributed by atoms with E-state index in [0.29, 0.717) is 11.2 Å². The van der Waals surface area contributed by atoms with E-state index in [-0.39, 0.29) is 0 Å². The van der Waals surface area contributed by atoms with Gasteiger partial charge in [0.15, 0.2) is 5.65 Å². The van der Waals surface area contributed by atoms with Crippen molar-refractivity contribution in [3.05, 3.63) is 77.4 Å². The highest BCUT2D eigenvalue weighted by molar-refractivity contribution is 5.87. The first kappa shape index (κ1) is 17.3. The molecular weight excluding hydrogens is 352 g/mol. The van der Waals surface area contributed by atoms with Gasteiger partial charge in [0.1, 0.15) is 11.9 Å². The predicted molar refractivity (Wildman–Crippen MR) is 109 cm³/mol. The molecule has 6 heteroatoms. The van der Waals surface area contributed by atoms with Crippen molar-refractivity contribution >= 4 is 40.2 Å². The van der Waals surface area contributed by atoms with Gasteiger partial charge in [-0.2, -0.15) is 5.26 Å². The smallest absolute Gasteiger partial charge is 0.328 e. The molecule has 4 rings (SSSR count). The first-order valence-electron chi connectivity index (χ1n) is 8.66. The lowest BCUT2D eigenvalue weighted by Gasteiger charge is -2.13. The molecule has 0 saturated heterocycles. The summed E-state index contributed by atoms with van der Waals surface area (Å²) in [7, 11) is 0. The highest BCUT2D eigenvalue weighted by Crippen LogP contribution is 2.28. The van der Waals surface area contributed by atoms with Gasteiger partial charge in [-0.1, -0.05) is 24.3 Å². The number of pyridine rings is 1. The van der Waals surface area contributed by atoms with Crippen molar-refractivity contribution < 1.29 is 9.90 Å². The lowest BCUT2D eigenvalue weighted by molar-refractivity contribution is -0.131. The van der Waals surface area contributed by atoms with Gasteiger partial charge in [-0.05, 0) is 54.5 Å². The van der Waals surface area contributed by atoms with Crippen molar-refractivity contribution in [1.29, 1.82) is 5.26 Å². The number of benzene rings is 2. The molecule has 0 aliphatic carbocycles. The quantitative estimate of drug-likeness (QED) is 0.517. The van der Waals surface area contributed by atoms with Crippen LogP contribution in [-0.2, 0) is 4.79 Å². The summed E-state index contributed by atoms with van der Waals surface area (Å²) in [6.07, 6.45) is 2.65. The van der Waals surface area contributed by atoms with E-state index in [9.17, 15) is 10.1 Å². The van der Waals surface area contributed by atoms with Crippen LogP contribution in [0.4, 0.5) is 11.5 Å². The number of carboxylic acids is 1. The summed E-state index contributed by atoms with van der Waals surface area (Å²) in [6.45, 7) is 1.88. The molecule has 0 amide bonds. The van der Waals surface area contributed by atoms with E-state index in [4.69, 9.17) is 5.11 Å². The van der Waals surface area contributed by atoms with Crippen LogP contribution in [0, 0.1) is 18.3 Å². The number of rotatable bonds is 4. The summed E-state index contributed by atoms with van der Waals surface area (Å²) < 4.78 is 1.93. The fourth-order valence-corrected chi connectivity index (χ4v) is 3.22. The van der Waals surface area contributed by atoms with Crippen molar-refractivity contribution in [2.24, 2.45) is 0 Å². The molecule has 0 aliphatic rings. The normalized spacial score (nSPS) is 11.1. The van der Waals surface area contributed by atoms with Gasteiger partial charge in [0.05, 0.1) is 16.6 Å². The highest BCUT2D eigenvalue weighted by Gasteiger charge is 2.15. The molecular formula is C22H16N4O2. The molecule has 0 spiro atoms. The van der Waals surface area contributed by atoms with E-state index in [1.54, 1.807) is 6.08 Å². The number of carbonyl (C=O) groups is 1. The highest BCUT2D eigenvalue weighted by atomic mass is 16.4. The Hall–Kier alpha value is -4.11. The molecule has 6 nitrogen and oxygen atoms in total. The van der Waals surface area contributed by atoms with Crippen LogP contribution in [0.15, 0.2) is 60.7 Å². The van der Waals surface area contributed by atoms with Crippen LogP contribution in [0.2, 0.25) is 0 Å². The summed E-state index contributed by atoms with van der Waals surface area (Å²) in [5.74, 6) is -0.216. The Balaban J connectivity index is 1.87. The van der Waals surface area contributed by atoms with Gasteiger partial charge < -0.3 is 10.4 Å². The topological polar surface area (TPSA) is 90.4 Å². The number of imidazole rings is 1. The number of carboxylic acid groups (broad SMARTS) is 1. The molecule has 0 atom stereocenters. The lowest BCUT2D eigenvalue weighted by Crippen LogP contribution is -2.02. The van der Waals surface area contributed by atoms with Crippen LogP contribution < -0.4 is 5.32 Å². The Labute approximate surface area is 161 Å². The Morgan fingerprint density at radius 1 is 1.21 bits per heavy atom. The molecule has 136 valence electrons. The molecule has 0 unspecified atom stereocenters. The minimum atomic E-state index is -0.993. The van der Waals surface area contributed by atoms with Crippen molar-refractivity contribution in [3.8, 4) is 6.07 Å². The number of nitriles is 1. The van der Waals surface area contributed by atoms with E-state index >= 15 is 0 Å². The molecule has 2 aromatic carbocycles. The Morgan fingerprint density at radius 2 is 2.04 bits per heavy atom. The maximum Gasteiger partial charge on any atom is 0.328 e. The third-order valence-electron chi connectivity index (χ3n) is 4.46. The number of fused-ring (bicyclic) bond motifs is 3. The molecule has 2 heterocycles. The van der Waals surface area contributed by atoms with E-state index < -0.39 is 5.97 Å². The van der Waals surface area contributed by atoms with Crippen molar-refractivity contribution in [2.45, 2.75) is 6.92 Å². The molecule has 0 bridgehead atoms. The molecule has 2 N–H and O–H groups in total. The summed E-state index contributed by atoms with van der Waals surface area (Å²) in [5, 5.41) is 21.8. The first-order chi connectivity index (χ1) is 13.6. The maximum atomic E-state index is 10.7. The van der Waals surface area contributed by atoms with Gasteiger partial charge >= 0.3 is 5.97 Å². The summed E-state index contributed by atoms with van der Waals surface area (Å²) in [6, 6.07) is 19.3. The first-order valence-corrected chi connectivity index (χ1v) is 8.66. The standard InChI is InChI=1S/C22H16N4O2/c1-14-11-20(24-16-6-4-5-15(12-16)9-10-21(27)28)26-19-8-3-2-7-18(19)25-22(26)17(14)13-23/h2-12,24H,1H3,(H,27,28)/b10-9+. The number of aliphatic carboxylic acids is 1. The number of aryl methyl sites for hydroxylation is 1. The number of hydrogen-bond donors (Lipinski definition) is 2. The zero-order valence-corrected chi connectivity index (χ0v) is 15.0. The van der Waals surface area contributed by atoms with Crippen LogP contribution in [0.3, 0.4) is 0 Å². The largest absolute Gasteiger partial charge is 0.478 e. The van der Waals surface area contributed by atoms with E-state index in [1.165, 1.54) is 0 Å². The van der Waals surface area contributed by atoms with Gasteiger partial charge in [0.25, 0.3) is 0 Å². The minimum Gasteiger partial charge on any atom is -0.478 e. The van der Waals surface area contributed by atoms with Crippen molar-refractivity contribution in [2.75, 3.05) is 5.32 Å². The Morgan fingerprint density at radius 3 is 2.82 bits per heavy atom. The number of hydrogen-bond acceptors (Lipinski definition) is 4. The Bertz CT molecular complexity index is 1300. The van der Waals surface area contributed by atoms with Crippen molar-refractivity contribution in [1.82, 2.24) is 9.38 Å². The van der Waals surface area contributed by atoms with E-state index in [0.717, 1.165) is 39.7 Å². The second-order valence-corrected chi connectivity index (χ2v) is 6.38. The lowest BCUT2D eigenvalue weighted by atomic mass is 10.1. The molecule has 0 fully saturated rings. The van der Waals surface area contributed by atoms with E-state index in [2.05, 4.69) is 16.4 Å². The number of para-hydroxylation sites is 2. The van der Waals surface area contributed by atoms with Gasteiger partial charge in [-0.25, -0.2) is 9.78 Å². The van der Waals surface area contributed by atoms with Crippen LogP contribution in [0.5, 0.6) is 0 Å². The van der Waals surface area contributed by atoms with E-state index in [1.807, 2.05) is 65.9 Å². The molecule has 2 aromatic heterocycles. The van der Waals surface area contributed by atoms with Crippen LogP contribution in [0.1, 0.15) is 16.7 Å².